The summed E-state index contributed by atoms with van der Waals surface area (Å²) in [5.74, 6) is 0.517. The van der Waals surface area contributed by atoms with Crippen molar-refractivity contribution in [2.45, 2.75) is 39.7 Å². The molecule has 78 valence electrons. The highest BCUT2D eigenvalue weighted by atomic mass is 14.9. The molecule has 0 aliphatic heterocycles. The molecule has 0 bridgehead atoms. The topological polar surface area (TPSA) is 24.9 Å². The number of nitrogens with one attached hydrogen (secondary N) is 1. The smallest absolute Gasteiger partial charge is 0.0372 e. The number of aryl methyl sites for hydroxylation is 1. The molecule has 0 saturated carbocycles. The largest absolute Gasteiger partial charge is 0.314 e. The minimum absolute atomic E-state index is 0.504. The summed E-state index contributed by atoms with van der Waals surface area (Å²) in [5, 5.41) is 3.43. The lowest BCUT2D eigenvalue weighted by Gasteiger charge is -2.20. The lowest BCUT2D eigenvalue weighted by Crippen LogP contribution is -2.30. The van der Waals surface area contributed by atoms with Gasteiger partial charge in [0.05, 0.1) is 0 Å². The van der Waals surface area contributed by atoms with Crippen LogP contribution in [0.4, 0.5) is 0 Å². The molecule has 1 heterocycles. The number of aromatic nitrogens is 1. The first-order valence-electron chi connectivity index (χ1n) is 5.31. The van der Waals surface area contributed by atoms with Crippen molar-refractivity contribution in [3.05, 3.63) is 29.6 Å². The highest BCUT2D eigenvalue weighted by molar-refractivity contribution is 5.18. The van der Waals surface area contributed by atoms with Crippen molar-refractivity contribution < 1.29 is 0 Å². The molecule has 0 amide bonds. The summed E-state index contributed by atoms with van der Waals surface area (Å²) in [4.78, 5) is 4.31. The molecule has 1 rings (SSSR count). The van der Waals surface area contributed by atoms with Crippen molar-refractivity contribution in [2.75, 3.05) is 6.54 Å². The van der Waals surface area contributed by atoms with Gasteiger partial charge in [0.1, 0.15) is 0 Å². The van der Waals surface area contributed by atoms with Gasteiger partial charge >= 0.3 is 0 Å². The predicted molar refractivity (Wildman–Crippen MR) is 60.5 cm³/mol. The fraction of sp³-hybridized carbons (Fsp3) is 0.583. The number of rotatable bonds is 4. The molecule has 14 heavy (non-hydrogen) atoms. The van der Waals surface area contributed by atoms with Gasteiger partial charge in [-0.2, -0.15) is 0 Å². The van der Waals surface area contributed by atoms with Gasteiger partial charge in [0, 0.05) is 17.9 Å². The van der Waals surface area contributed by atoms with Gasteiger partial charge in [-0.05, 0) is 37.9 Å². The lowest BCUT2D eigenvalue weighted by molar-refractivity contribution is 0.494. The Hall–Kier alpha value is -0.890. The van der Waals surface area contributed by atoms with Crippen LogP contribution in [0.25, 0.3) is 0 Å². The summed E-state index contributed by atoms with van der Waals surface area (Å²) < 4.78 is 0. The molecule has 1 N–H and O–H groups in total. The first kappa shape index (κ1) is 11.2. The summed E-state index contributed by atoms with van der Waals surface area (Å²) in [6.07, 6.45) is 1.98. The first-order chi connectivity index (χ1) is 6.65. The summed E-state index contributed by atoms with van der Waals surface area (Å²) in [6.45, 7) is 9.62. The number of pyridine rings is 1. The number of nitrogens with zero attached hydrogens (tertiary/aromatic N) is 1. The number of hydrogen-bond acceptors (Lipinski definition) is 2. The molecule has 0 spiro atoms. The molecule has 1 aromatic heterocycles. The highest BCUT2D eigenvalue weighted by Gasteiger charge is 2.12. The van der Waals surface area contributed by atoms with Crippen molar-refractivity contribution >= 4 is 0 Å². The third kappa shape index (κ3) is 2.81. The molecule has 2 heteroatoms. The van der Waals surface area contributed by atoms with Crippen LogP contribution in [0.5, 0.6) is 0 Å². The fourth-order valence-corrected chi connectivity index (χ4v) is 1.54. The normalized spacial score (nSPS) is 15.1. The van der Waals surface area contributed by atoms with E-state index in [0.29, 0.717) is 12.0 Å². The number of likely N-dealkylation sites (N-methyl/N-ethyl adjacent to an activating group) is 1. The molecule has 0 saturated heterocycles. The van der Waals surface area contributed by atoms with E-state index in [1.807, 2.05) is 13.1 Å². The van der Waals surface area contributed by atoms with Gasteiger partial charge in [0.2, 0.25) is 0 Å². The van der Waals surface area contributed by atoms with E-state index in [4.69, 9.17) is 0 Å². The molecule has 0 fully saturated rings. The molecule has 2 unspecified atom stereocenters. The summed E-state index contributed by atoms with van der Waals surface area (Å²) in [7, 11) is 0. The third-order valence-electron chi connectivity index (χ3n) is 2.74. The Kier molecular flexibility index (Phi) is 4.08. The Balaban J connectivity index is 2.68. The van der Waals surface area contributed by atoms with Crippen LogP contribution in [0.3, 0.4) is 0 Å². The molecular weight excluding hydrogens is 172 g/mol. The van der Waals surface area contributed by atoms with Gasteiger partial charge in [-0.15, -0.1) is 0 Å². The van der Waals surface area contributed by atoms with Crippen LogP contribution in [-0.2, 0) is 0 Å². The van der Waals surface area contributed by atoms with E-state index < -0.39 is 0 Å². The Labute approximate surface area is 86.8 Å². The Bertz CT molecular complexity index is 266. The second-order valence-electron chi connectivity index (χ2n) is 3.87. The van der Waals surface area contributed by atoms with E-state index in [9.17, 15) is 0 Å². The van der Waals surface area contributed by atoms with Gasteiger partial charge in [-0.3, -0.25) is 4.98 Å². The van der Waals surface area contributed by atoms with E-state index in [2.05, 4.69) is 43.2 Å². The van der Waals surface area contributed by atoms with Crippen LogP contribution >= 0.6 is 0 Å². The molecular formula is C12H20N2. The van der Waals surface area contributed by atoms with Gasteiger partial charge in [-0.25, -0.2) is 0 Å². The van der Waals surface area contributed by atoms with Crippen LogP contribution in [-0.4, -0.2) is 17.6 Å². The van der Waals surface area contributed by atoms with Crippen molar-refractivity contribution in [2.24, 2.45) is 0 Å². The van der Waals surface area contributed by atoms with Crippen LogP contribution in [0, 0.1) is 6.92 Å². The SMILES string of the molecule is CCNC(C)C(C)c1ccc(C)nc1. The Morgan fingerprint density at radius 3 is 2.57 bits per heavy atom. The molecule has 2 nitrogen and oxygen atoms in total. The van der Waals surface area contributed by atoms with Crippen LogP contribution in [0.2, 0.25) is 0 Å². The predicted octanol–water partition coefficient (Wildman–Crippen LogP) is 2.49. The third-order valence-corrected chi connectivity index (χ3v) is 2.74. The monoisotopic (exact) mass is 192 g/mol. The quantitative estimate of drug-likeness (QED) is 0.792. The minimum Gasteiger partial charge on any atom is -0.314 e. The van der Waals surface area contributed by atoms with Crippen LogP contribution < -0.4 is 5.32 Å². The van der Waals surface area contributed by atoms with E-state index >= 15 is 0 Å². The molecule has 0 aromatic carbocycles. The van der Waals surface area contributed by atoms with Gasteiger partial charge < -0.3 is 5.32 Å². The van der Waals surface area contributed by atoms with Gasteiger partial charge in [0.25, 0.3) is 0 Å². The van der Waals surface area contributed by atoms with E-state index in [1.165, 1.54) is 5.56 Å². The zero-order valence-corrected chi connectivity index (χ0v) is 9.54. The Morgan fingerprint density at radius 2 is 2.07 bits per heavy atom. The van der Waals surface area contributed by atoms with Crippen molar-refractivity contribution in [3.63, 3.8) is 0 Å². The van der Waals surface area contributed by atoms with Gasteiger partial charge in [-0.1, -0.05) is 19.9 Å². The zero-order chi connectivity index (χ0) is 10.6. The maximum absolute atomic E-state index is 4.31. The van der Waals surface area contributed by atoms with E-state index in [0.717, 1.165) is 12.2 Å². The molecule has 0 aliphatic rings. The maximum atomic E-state index is 4.31. The van der Waals surface area contributed by atoms with E-state index in [-0.39, 0.29) is 0 Å². The maximum Gasteiger partial charge on any atom is 0.0372 e. The van der Waals surface area contributed by atoms with Crippen molar-refractivity contribution in [1.29, 1.82) is 0 Å². The van der Waals surface area contributed by atoms with Gasteiger partial charge in [0.15, 0.2) is 0 Å². The lowest BCUT2D eigenvalue weighted by atomic mass is 9.96. The van der Waals surface area contributed by atoms with Crippen LogP contribution in [0.15, 0.2) is 18.3 Å². The highest BCUT2D eigenvalue weighted by Crippen LogP contribution is 2.17. The fourth-order valence-electron chi connectivity index (χ4n) is 1.54. The Morgan fingerprint density at radius 1 is 1.36 bits per heavy atom. The number of hydrogen-bond donors (Lipinski definition) is 1. The molecule has 2 atom stereocenters. The average Bonchev–Trinajstić information content (AvgIpc) is 2.18. The zero-order valence-electron chi connectivity index (χ0n) is 9.54. The van der Waals surface area contributed by atoms with Crippen molar-refractivity contribution in [3.8, 4) is 0 Å². The molecule has 0 radical (unpaired) electrons. The standard InChI is InChI=1S/C12H20N2/c1-5-13-11(4)10(3)12-7-6-9(2)14-8-12/h6-8,10-11,13H,5H2,1-4H3. The minimum atomic E-state index is 0.504. The molecule has 1 aromatic rings. The summed E-state index contributed by atoms with van der Waals surface area (Å²) >= 11 is 0. The van der Waals surface area contributed by atoms with E-state index in [1.54, 1.807) is 0 Å². The second-order valence-corrected chi connectivity index (χ2v) is 3.87. The van der Waals surface area contributed by atoms with Crippen molar-refractivity contribution in [1.82, 2.24) is 10.3 Å². The van der Waals surface area contributed by atoms with Crippen LogP contribution in [0.1, 0.15) is 37.9 Å². The second kappa shape index (κ2) is 5.11. The summed E-state index contributed by atoms with van der Waals surface area (Å²) in [6, 6.07) is 4.75. The summed E-state index contributed by atoms with van der Waals surface area (Å²) in [5.41, 5.74) is 2.39. The average molecular weight is 192 g/mol. The first-order valence-corrected chi connectivity index (χ1v) is 5.31. The molecule has 0 aliphatic carbocycles.